The van der Waals surface area contributed by atoms with Crippen molar-refractivity contribution in [3.05, 3.63) is 65.8 Å². The van der Waals surface area contributed by atoms with Gasteiger partial charge in [-0.15, -0.1) is 0 Å². The van der Waals surface area contributed by atoms with Crippen molar-refractivity contribution in [3.8, 4) is 17.1 Å². The minimum absolute atomic E-state index is 0.478. The molecule has 0 atom stereocenters. The van der Waals surface area contributed by atoms with Crippen LogP contribution in [0.15, 0.2) is 57.6 Å². The summed E-state index contributed by atoms with van der Waals surface area (Å²) in [6, 6.07) is 12.6. The van der Waals surface area contributed by atoms with E-state index in [-0.39, 0.29) is 0 Å². The summed E-state index contributed by atoms with van der Waals surface area (Å²) >= 11 is 0. The molecule has 5 rings (SSSR count). The zero-order valence-corrected chi connectivity index (χ0v) is 15.8. The molecule has 3 aromatic heterocycles. The lowest BCUT2D eigenvalue weighted by atomic mass is 10.0. The standard InChI is InChI=1S/C22H20N3O2/c1-13-7-5-6-8-17(13)25-12-11-24(4)21(25)18-14(2)9-10-16-19-22(27-20(16)18)26-15(3)23-19/h5-12H,1-4H3/q+1. The fraction of sp³-hybridized carbons (Fsp3) is 0.182. The van der Waals surface area contributed by atoms with Gasteiger partial charge in [0, 0.05) is 6.92 Å². The van der Waals surface area contributed by atoms with Gasteiger partial charge < -0.3 is 8.83 Å². The van der Waals surface area contributed by atoms with Gasteiger partial charge in [-0.1, -0.05) is 24.3 Å². The van der Waals surface area contributed by atoms with Crippen molar-refractivity contribution >= 4 is 22.3 Å². The van der Waals surface area contributed by atoms with Crippen molar-refractivity contribution in [1.82, 2.24) is 9.55 Å². The molecule has 0 aliphatic rings. The molecule has 0 aliphatic heterocycles. The Morgan fingerprint density at radius 3 is 2.59 bits per heavy atom. The summed E-state index contributed by atoms with van der Waals surface area (Å²) in [7, 11) is 2.05. The average molecular weight is 358 g/mol. The van der Waals surface area contributed by atoms with Gasteiger partial charge in [-0.05, 0) is 37.1 Å². The van der Waals surface area contributed by atoms with Crippen LogP contribution in [0, 0.1) is 20.8 Å². The number of hydrogen-bond donors (Lipinski definition) is 0. The number of rotatable bonds is 2. The molecular formula is C22H20N3O2+. The second kappa shape index (κ2) is 5.58. The van der Waals surface area contributed by atoms with Gasteiger partial charge in [-0.2, -0.15) is 4.57 Å². The van der Waals surface area contributed by atoms with E-state index in [0.29, 0.717) is 11.7 Å². The Morgan fingerprint density at radius 2 is 1.78 bits per heavy atom. The van der Waals surface area contributed by atoms with Crippen molar-refractivity contribution in [1.29, 1.82) is 0 Å². The molecule has 0 saturated heterocycles. The minimum Gasteiger partial charge on any atom is -0.423 e. The molecule has 5 heteroatoms. The van der Waals surface area contributed by atoms with Gasteiger partial charge in [0.05, 0.1) is 12.4 Å². The highest BCUT2D eigenvalue weighted by molar-refractivity contribution is 6.06. The van der Waals surface area contributed by atoms with Crippen LogP contribution < -0.4 is 4.57 Å². The van der Waals surface area contributed by atoms with Crippen molar-refractivity contribution in [3.63, 3.8) is 0 Å². The molecular weight excluding hydrogens is 338 g/mol. The zero-order valence-electron chi connectivity index (χ0n) is 15.8. The maximum Gasteiger partial charge on any atom is 0.319 e. The second-order valence-corrected chi connectivity index (χ2v) is 6.99. The van der Waals surface area contributed by atoms with Crippen LogP contribution in [0.2, 0.25) is 0 Å². The highest BCUT2D eigenvalue weighted by Gasteiger charge is 2.27. The molecule has 0 N–H and O–H groups in total. The molecule has 5 aromatic rings. The second-order valence-electron chi connectivity index (χ2n) is 6.99. The van der Waals surface area contributed by atoms with Gasteiger partial charge in [0.2, 0.25) is 0 Å². The van der Waals surface area contributed by atoms with Gasteiger partial charge in [-0.25, -0.2) is 9.55 Å². The summed E-state index contributed by atoms with van der Waals surface area (Å²) in [5.74, 6) is 2.15. The highest BCUT2D eigenvalue weighted by atomic mass is 16.5. The predicted octanol–water partition coefficient (Wildman–Crippen LogP) is 4.78. The number of hydrogen-bond acceptors (Lipinski definition) is 3. The lowest BCUT2D eigenvalue weighted by Gasteiger charge is -2.08. The lowest BCUT2D eigenvalue weighted by molar-refractivity contribution is -0.659. The number of furan rings is 1. The molecule has 5 nitrogen and oxygen atoms in total. The number of aryl methyl sites for hydroxylation is 4. The fourth-order valence-electron chi connectivity index (χ4n) is 3.79. The van der Waals surface area contributed by atoms with E-state index in [4.69, 9.17) is 8.83 Å². The first-order valence-electron chi connectivity index (χ1n) is 8.97. The number of fused-ring (bicyclic) bond motifs is 3. The average Bonchev–Trinajstić information content (AvgIpc) is 3.28. The molecule has 0 aliphatic carbocycles. The molecule has 0 spiro atoms. The molecule has 0 radical (unpaired) electrons. The van der Waals surface area contributed by atoms with E-state index in [1.54, 1.807) is 0 Å². The van der Waals surface area contributed by atoms with Gasteiger partial charge in [0.25, 0.3) is 5.82 Å². The molecule has 0 bridgehead atoms. The predicted molar refractivity (Wildman–Crippen MR) is 104 cm³/mol. The Labute approximate surface area is 156 Å². The van der Waals surface area contributed by atoms with Crippen LogP contribution in [-0.4, -0.2) is 9.55 Å². The van der Waals surface area contributed by atoms with Crippen molar-refractivity contribution in [2.24, 2.45) is 7.05 Å². The Kier molecular flexibility index (Phi) is 3.28. The van der Waals surface area contributed by atoms with E-state index in [1.807, 2.05) is 6.92 Å². The van der Waals surface area contributed by atoms with Crippen LogP contribution in [-0.2, 0) is 7.05 Å². The van der Waals surface area contributed by atoms with E-state index in [0.717, 1.165) is 39.1 Å². The molecule has 2 aromatic carbocycles. The summed E-state index contributed by atoms with van der Waals surface area (Å²) < 4.78 is 16.1. The smallest absolute Gasteiger partial charge is 0.319 e. The van der Waals surface area contributed by atoms with Crippen LogP contribution in [0.5, 0.6) is 0 Å². The monoisotopic (exact) mass is 358 g/mol. The number of imidazole rings is 1. The molecule has 0 saturated carbocycles. The van der Waals surface area contributed by atoms with Crippen LogP contribution >= 0.6 is 0 Å². The molecule has 27 heavy (non-hydrogen) atoms. The number of para-hydroxylation sites is 1. The first kappa shape index (κ1) is 15.9. The largest absolute Gasteiger partial charge is 0.423 e. The number of aromatic nitrogens is 3. The van der Waals surface area contributed by atoms with E-state index in [2.05, 4.69) is 83.8 Å². The third kappa shape index (κ3) is 2.24. The molecule has 3 heterocycles. The van der Waals surface area contributed by atoms with E-state index < -0.39 is 0 Å². The Morgan fingerprint density at radius 1 is 0.963 bits per heavy atom. The SMILES string of the molecule is Cc1nc2c(o1)oc1c(-c3n(-c4ccccc4C)cc[n+]3C)c(C)ccc12. The normalized spacial score (nSPS) is 11.7. The van der Waals surface area contributed by atoms with Gasteiger partial charge in [0.15, 0.2) is 17.0 Å². The van der Waals surface area contributed by atoms with Crippen LogP contribution in [0.3, 0.4) is 0 Å². The molecule has 0 unspecified atom stereocenters. The molecule has 134 valence electrons. The van der Waals surface area contributed by atoms with Gasteiger partial charge >= 0.3 is 5.78 Å². The quantitative estimate of drug-likeness (QED) is 0.427. The number of oxazole rings is 1. The maximum absolute atomic E-state index is 6.13. The van der Waals surface area contributed by atoms with Crippen LogP contribution in [0.1, 0.15) is 17.0 Å². The highest BCUT2D eigenvalue weighted by Crippen LogP contribution is 2.37. The van der Waals surface area contributed by atoms with E-state index in [1.165, 1.54) is 5.56 Å². The Hall–Kier alpha value is -3.34. The van der Waals surface area contributed by atoms with Crippen LogP contribution in [0.25, 0.3) is 39.3 Å². The summed E-state index contributed by atoms with van der Waals surface area (Å²) in [6.45, 7) is 6.06. The Bertz CT molecular complexity index is 1320. The van der Waals surface area contributed by atoms with Crippen molar-refractivity contribution < 1.29 is 13.4 Å². The van der Waals surface area contributed by atoms with E-state index >= 15 is 0 Å². The van der Waals surface area contributed by atoms with Crippen LogP contribution in [0.4, 0.5) is 0 Å². The lowest BCUT2D eigenvalue weighted by Crippen LogP contribution is -2.29. The summed E-state index contributed by atoms with van der Waals surface area (Å²) in [6.07, 6.45) is 4.15. The number of benzene rings is 2. The van der Waals surface area contributed by atoms with Crippen molar-refractivity contribution in [2.75, 3.05) is 0 Å². The summed E-state index contributed by atoms with van der Waals surface area (Å²) in [5.41, 5.74) is 6.13. The first-order valence-corrected chi connectivity index (χ1v) is 8.97. The maximum atomic E-state index is 6.13. The third-order valence-electron chi connectivity index (χ3n) is 5.12. The first-order chi connectivity index (χ1) is 13.0. The molecule has 0 fully saturated rings. The minimum atomic E-state index is 0.478. The Balaban J connectivity index is 1.87. The van der Waals surface area contributed by atoms with Gasteiger partial charge in [0.1, 0.15) is 23.6 Å². The fourth-order valence-corrected chi connectivity index (χ4v) is 3.79. The summed E-state index contributed by atoms with van der Waals surface area (Å²) in [5, 5.41) is 0.972. The zero-order chi connectivity index (χ0) is 18.7. The molecule has 0 amide bonds. The number of nitrogens with zero attached hydrogens (tertiary/aromatic N) is 3. The van der Waals surface area contributed by atoms with E-state index in [9.17, 15) is 0 Å². The topological polar surface area (TPSA) is 48.0 Å². The van der Waals surface area contributed by atoms with Gasteiger partial charge in [-0.3, -0.25) is 0 Å². The van der Waals surface area contributed by atoms with Crippen molar-refractivity contribution in [2.45, 2.75) is 20.8 Å². The third-order valence-corrected chi connectivity index (χ3v) is 5.12. The summed E-state index contributed by atoms with van der Waals surface area (Å²) in [4.78, 5) is 4.50.